The summed E-state index contributed by atoms with van der Waals surface area (Å²) in [6, 6.07) is 10.3. The summed E-state index contributed by atoms with van der Waals surface area (Å²) in [5.41, 5.74) is 7.94. The Labute approximate surface area is 178 Å². The Morgan fingerprint density at radius 3 is 2.72 bits per heavy atom. The Bertz CT molecular complexity index is 888. The topological polar surface area (TPSA) is 83.7 Å². The quantitative estimate of drug-likeness (QED) is 0.759. The van der Waals surface area contributed by atoms with Crippen molar-refractivity contribution in [2.24, 2.45) is 5.73 Å². The van der Waals surface area contributed by atoms with Crippen molar-refractivity contribution in [2.45, 2.75) is 30.3 Å². The van der Waals surface area contributed by atoms with Crippen LogP contribution in [0.5, 0.6) is 0 Å². The second-order valence-corrected chi connectivity index (χ2v) is 9.16. The first-order chi connectivity index (χ1) is 14.1. The first-order valence-corrected chi connectivity index (χ1v) is 11.7. The summed E-state index contributed by atoms with van der Waals surface area (Å²) in [4.78, 5) is 41.5. The lowest BCUT2D eigenvalue weighted by molar-refractivity contribution is -0.137. The van der Waals surface area contributed by atoms with Crippen LogP contribution in [0.4, 0.5) is 0 Å². The maximum absolute atomic E-state index is 12.9. The lowest BCUT2D eigenvalue weighted by Gasteiger charge is -2.26. The summed E-state index contributed by atoms with van der Waals surface area (Å²) >= 11 is 3.06. The van der Waals surface area contributed by atoms with E-state index in [-0.39, 0.29) is 30.2 Å². The van der Waals surface area contributed by atoms with Crippen LogP contribution < -0.4 is 5.73 Å². The van der Waals surface area contributed by atoms with E-state index in [0.29, 0.717) is 24.3 Å². The number of carbonyl (C=O) groups excluding carboxylic acids is 3. The van der Waals surface area contributed by atoms with Crippen LogP contribution in [0, 0.1) is 0 Å². The highest BCUT2D eigenvalue weighted by atomic mass is 32.2. The van der Waals surface area contributed by atoms with Gasteiger partial charge in [0.2, 0.25) is 5.91 Å². The molecule has 0 spiro atoms. The average molecular weight is 430 g/mol. The highest BCUT2D eigenvalue weighted by molar-refractivity contribution is 7.98. The van der Waals surface area contributed by atoms with Gasteiger partial charge in [0, 0.05) is 23.4 Å². The van der Waals surface area contributed by atoms with Crippen LogP contribution in [0.15, 0.2) is 47.2 Å². The molecule has 2 N–H and O–H groups in total. The molecule has 2 aliphatic rings. The number of nitrogens with two attached hydrogens (primary N) is 1. The minimum absolute atomic E-state index is 0.0613. The van der Waals surface area contributed by atoms with Crippen LogP contribution in [0.2, 0.25) is 0 Å². The van der Waals surface area contributed by atoms with Gasteiger partial charge in [-0.15, -0.1) is 0 Å². The van der Waals surface area contributed by atoms with E-state index in [0.717, 1.165) is 5.75 Å². The van der Waals surface area contributed by atoms with Crippen molar-refractivity contribution >= 4 is 40.7 Å². The smallest absolute Gasteiger partial charge is 0.255 e. The van der Waals surface area contributed by atoms with E-state index < -0.39 is 12.1 Å². The fourth-order valence-corrected chi connectivity index (χ4v) is 5.63. The standard InChI is InChI=1S/C21H23N3O3S2/c22-16(13-29-11-14-4-2-1-3-5-14)21(27)23-8-6-17-19(23)18(25)10-24(17)20(26)15-7-9-28-12-15/h1-5,7,9,12,16-17,19H,6,8,10-11,13,22H2/t16-,17?,19?/m0/s1. The molecule has 0 saturated carbocycles. The zero-order valence-electron chi connectivity index (χ0n) is 15.9. The third-order valence-corrected chi connectivity index (χ3v) is 7.28. The maximum Gasteiger partial charge on any atom is 0.255 e. The van der Waals surface area contributed by atoms with Crippen LogP contribution in [0.25, 0.3) is 0 Å². The molecule has 152 valence electrons. The Balaban J connectivity index is 1.36. The van der Waals surface area contributed by atoms with Gasteiger partial charge in [0.1, 0.15) is 6.04 Å². The van der Waals surface area contributed by atoms with E-state index in [1.54, 1.807) is 33.0 Å². The average Bonchev–Trinajstić information content (AvgIpc) is 3.46. The Kier molecular flexibility index (Phi) is 6.03. The second kappa shape index (κ2) is 8.69. The molecule has 6 nitrogen and oxygen atoms in total. The molecule has 2 aromatic rings. The van der Waals surface area contributed by atoms with Gasteiger partial charge >= 0.3 is 0 Å². The molecule has 4 rings (SSSR count). The number of nitrogens with zero attached hydrogens (tertiary/aromatic N) is 2. The number of likely N-dealkylation sites (tertiary alicyclic amines) is 2. The third kappa shape index (κ3) is 4.10. The van der Waals surface area contributed by atoms with Gasteiger partial charge in [-0.2, -0.15) is 23.1 Å². The van der Waals surface area contributed by atoms with Crippen molar-refractivity contribution in [3.63, 3.8) is 0 Å². The molecule has 3 heterocycles. The third-order valence-electron chi connectivity index (χ3n) is 5.46. The van der Waals surface area contributed by atoms with E-state index in [1.807, 2.05) is 35.7 Å². The SMILES string of the molecule is N[C@@H](CSCc1ccccc1)C(=O)N1CCC2C1C(=O)CN2C(=O)c1ccsc1. The summed E-state index contributed by atoms with van der Waals surface area (Å²) < 4.78 is 0. The number of ketones is 1. The molecule has 0 aliphatic carbocycles. The summed E-state index contributed by atoms with van der Waals surface area (Å²) in [5.74, 6) is 0.872. The minimum Gasteiger partial charge on any atom is -0.329 e. The lowest BCUT2D eigenvalue weighted by atomic mass is 10.1. The Morgan fingerprint density at radius 2 is 2.00 bits per heavy atom. The monoisotopic (exact) mass is 429 g/mol. The van der Waals surface area contributed by atoms with Gasteiger partial charge in [0.15, 0.2) is 5.78 Å². The zero-order chi connectivity index (χ0) is 20.4. The maximum atomic E-state index is 12.9. The summed E-state index contributed by atoms with van der Waals surface area (Å²) in [6.45, 7) is 0.524. The number of hydrogen-bond donors (Lipinski definition) is 1. The van der Waals surface area contributed by atoms with E-state index >= 15 is 0 Å². The first kappa shape index (κ1) is 20.1. The fourth-order valence-electron chi connectivity index (χ4n) is 4.05. The Morgan fingerprint density at radius 1 is 1.21 bits per heavy atom. The number of Topliss-reactive ketones (excluding diaryl/α,β-unsaturated/α-hetero) is 1. The van der Waals surface area contributed by atoms with E-state index in [9.17, 15) is 14.4 Å². The van der Waals surface area contributed by atoms with Crippen LogP contribution in [0.3, 0.4) is 0 Å². The van der Waals surface area contributed by atoms with Gasteiger partial charge in [-0.05, 0) is 23.4 Å². The van der Waals surface area contributed by atoms with Gasteiger partial charge in [0.25, 0.3) is 5.91 Å². The summed E-state index contributed by atoms with van der Waals surface area (Å²) in [6.07, 6.45) is 0.613. The number of thiophene rings is 1. The van der Waals surface area contributed by atoms with Crippen molar-refractivity contribution in [1.82, 2.24) is 9.80 Å². The van der Waals surface area contributed by atoms with Crippen molar-refractivity contribution in [3.05, 3.63) is 58.3 Å². The number of hydrogen-bond acceptors (Lipinski definition) is 6. The van der Waals surface area contributed by atoms with Gasteiger partial charge in [-0.1, -0.05) is 30.3 Å². The highest BCUT2D eigenvalue weighted by Crippen LogP contribution is 2.31. The number of fused-ring (bicyclic) bond motifs is 1. The molecule has 29 heavy (non-hydrogen) atoms. The number of thioether (sulfide) groups is 1. The second-order valence-electron chi connectivity index (χ2n) is 7.35. The summed E-state index contributed by atoms with van der Waals surface area (Å²) in [5, 5.41) is 3.64. The number of benzene rings is 1. The minimum atomic E-state index is -0.656. The highest BCUT2D eigenvalue weighted by Gasteiger charge is 2.51. The van der Waals surface area contributed by atoms with Crippen molar-refractivity contribution in [2.75, 3.05) is 18.8 Å². The molecule has 0 radical (unpaired) electrons. The van der Waals surface area contributed by atoms with E-state index in [1.165, 1.54) is 16.9 Å². The van der Waals surface area contributed by atoms with E-state index in [2.05, 4.69) is 0 Å². The largest absolute Gasteiger partial charge is 0.329 e. The lowest BCUT2D eigenvalue weighted by Crippen LogP contribution is -2.50. The van der Waals surface area contributed by atoms with Gasteiger partial charge in [-0.3, -0.25) is 14.4 Å². The molecule has 2 aliphatic heterocycles. The van der Waals surface area contributed by atoms with Crippen molar-refractivity contribution in [3.8, 4) is 0 Å². The van der Waals surface area contributed by atoms with Crippen LogP contribution in [0.1, 0.15) is 22.3 Å². The predicted molar refractivity (Wildman–Crippen MR) is 115 cm³/mol. The molecule has 0 bridgehead atoms. The van der Waals surface area contributed by atoms with Gasteiger partial charge < -0.3 is 15.5 Å². The molecule has 3 atom stereocenters. The Hall–Kier alpha value is -2.16. The molecule has 8 heteroatoms. The molecule has 2 unspecified atom stereocenters. The normalized spacial score (nSPS) is 22.0. The van der Waals surface area contributed by atoms with Gasteiger partial charge in [-0.25, -0.2) is 0 Å². The van der Waals surface area contributed by atoms with E-state index in [4.69, 9.17) is 5.73 Å². The summed E-state index contributed by atoms with van der Waals surface area (Å²) in [7, 11) is 0. The fraction of sp³-hybridized carbons (Fsp3) is 0.381. The van der Waals surface area contributed by atoms with Crippen LogP contribution in [-0.4, -0.2) is 64.4 Å². The predicted octanol–water partition coefficient (Wildman–Crippen LogP) is 2.00. The number of carbonyl (C=O) groups is 3. The molecular weight excluding hydrogens is 406 g/mol. The molecule has 2 amide bonds. The van der Waals surface area contributed by atoms with Crippen molar-refractivity contribution < 1.29 is 14.4 Å². The number of amides is 2. The molecule has 2 saturated heterocycles. The van der Waals surface area contributed by atoms with Gasteiger partial charge in [0.05, 0.1) is 24.2 Å². The van der Waals surface area contributed by atoms with Crippen LogP contribution >= 0.6 is 23.1 Å². The van der Waals surface area contributed by atoms with Crippen molar-refractivity contribution in [1.29, 1.82) is 0 Å². The first-order valence-electron chi connectivity index (χ1n) is 9.60. The number of rotatable bonds is 6. The molecular formula is C21H23N3O3S2. The zero-order valence-corrected chi connectivity index (χ0v) is 17.5. The molecule has 1 aromatic carbocycles. The molecule has 1 aromatic heterocycles. The molecule has 2 fully saturated rings. The van der Waals surface area contributed by atoms with Crippen LogP contribution in [-0.2, 0) is 15.3 Å².